The number of fused-ring (bicyclic) bond motifs is 3. The Bertz CT molecular complexity index is 810. The van der Waals surface area contributed by atoms with Crippen molar-refractivity contribution in [3.05, 3.63) is 53.3 Å². The highest BCUT2D eigenvalue weighted by Gasteiger charge is 2.20. The fourth-order valence-electron chi connectivity index (χ4n) is 2.76. The van der Waals surface area contributed by atoms with Gasteiger partial charge in [-0.05, 0) is 52.9 Å². The topological polar surface area (TPSA) is 92.4 Å². The number of carboxylic acids is 1. The van der Waals surface area contributed by atoms with Gasteiger partial charge in [0, 0.05) is 5.69 Å². The van der Waals surface area contributed by atoms with Gasteiger partial charge in [0.05, 0.1) is 6.42 Å². The van der Waals surface area contributed by atoms with E-state index in [1.54, 1.807) is 12.1 Å². The summed E-state index contributed by atoms with van der Waals surface area (Å²) in [5, 5.41) is 11.3. The number of nitrogens with one attached hydrogen (secondary N) is 1. The molecule has 0 saturated carbocycles. The fourth-order valence-corrected chi connectivity index (χ4v) is 2.76. The Hall–Kier alpha value is -2.44. The fraction of sp³-hybridized carbons (Fsp3) is 0.176. The molecule has 4 N–H and O–H groups in total. The van der Waals surface area contributed by atoms with E-state index in [1.807, 2.05) is 12.1 Å². The Balaban J connectivity index is 0.00000208. The molecule has 2 aromatic rings. The van der Waals surface area contributed by atoms with Crippen molar-refractivity contribution >= 4 is 30.0 Å². The minimum atomic E-state index is -1.23. The lowest BCUT2D eigenvalue weighted by molar-refractivity contribution is -0.140. The van der Waals surface area contributed by atoms with Gasteiger partial charge < -0.3 is 16.2 Å². The first kappa shape index (κ1) is 17.9. The number of hydrogen-bond acceptors (Lipinski definition) is 3. The van der Waals surface area contributed by atoms with Gasteiger partial charge in [-0.2, -0.15) is 0 Å². The van der Waals surface area contributed by atoms with Gasteiger partial charge >= 0.3 is 5.97 Å². The van der Waals surface area contributed by atoms with Crippen LogP contribution in [0.15, 0.2) is 36.4 Å². The molecular formula is C17H16ClFN2O3. The van der Waals surface area contributed by atoms with E-state index in [0.717, 1.165) is 22.3 Å². The molecule has 0 heterocycles. The normalized spacial score (nSPS) is 12.6. The summed E-state index contributed by atoms with van der Waals surface area (Å²) in [6.07, 6.45) is 0.304. The highest BCUT2D eigenvalue weighted by molar-refractivity contribution is 5.94. The Kier molecular flexibility index (Phi) is 5.21. The van der Waals surface area contributed by atoms with Crippen molar-refractivity contribution in [1.29, 1.82) is 0 Å². The van der Waals surface area contributed by atoms with Crippen molar-refractivity contribution in [3.8, 4) is 11.1 Å². The zero-order valence-corrected chi connectivity index (χ0v) is 13.4. The van der Waals surface area contributed by atoms with Gasteiger partial charge in [-0.1, -0.05) is 12.1 Å². The Morgan fingerprint density at radius 3 is 2.46 bits per heavy atom. The predicted octanol–water partition coefficient (Wildman–Crippen LogP) is 2.56. The lowest BCUT2D eigenvalue weighted by Crippen LogP contribution is -2.34. The summed E-state index contributed by atoms with van der Waals surface area (Å²) in [7, 11) is 0. The molecule has 0 unspecified atom stereocenters. The summed E-state index contributed by atoms with van der Waals surface area (Å²) in [5.74, 6) is -1.94. The summed E-state index contributed by atoms with van der Waals surface area (Å²) in [5.41, 5.74) is 9.82. The third kappa shape index (κ3) is 3.55. The summed E-state index contributed by atoms with van der Waals surface area (Å²) >= 11 is 0. The van der Waals surface area contributed by atoms with Gasteiger partial charge in [0.2, 0.25) is 5.91 Å². The minimum absolute atomic E-state index is 0. The highest BCUT2D eigenvalue weighted by Crippen LogP contribution is 2.38. The number of carboxylic acid groups (broad SMARTS) is 1. The average Bonchev–Trinajstić information content (AvgIpc) is 2.83. The maximum Gasteiger partial charge on any atom is 0.321 e. The number of anilines is 1. The molecule has 3 rings (SSSR count). The number of rotatable bonds is 4. The molecule has 1 atom stereocenters. The Morgan fingerprint density at radius 2 is 1.79 bits per heavy atom. The lowest BCUT2D eigenvalue weighted by Gasteiger charge is -2.09. The molecule has 0 bridgehead atoms. The lowest BCUT2D eigenvalue weighted by atomic mass is 10.1. The molecule has 1 aliphatic rings. The Morgan fingerprint density at radius 1 is 1.17 bits per heavy atom. The van der Waals surface area contributed by atoms with Crippen LogP contribution in [0.1, 0.15) is 17.5 Å². The van der Waals surface area contributed by atoms with Crippen molar-refractivity contribution in [1.82, 2.24) is 0 Å². The van der Waals surface area contributed by atoms with Crippen molar-refractivity contribution < 1.29 is 19.1 Å². The van der Waals surface area contributed by atoms with Crippen LogP contribution < -0.4 is 11.1 Å². The van der Waals surface area contributed by atoms with E-state index in [2.05, 4.69) is 5.32 Å². The third-order valence-electron chi connectivity index (χ3n) is 3.85. The largest absolute Gasteiger partial charge is 0.480 e. The molecule has 5 nitrogen and oxygen atoms in total. The van der Waals surface area contributed by atoms with Crippen LogP contribution >= 0.6 is 12.4 Å². The predicted molar refractivity (Wildman–Crippen MR) is 90.7 cm³/mol. The van der Waals surface area contributed by atoms with Gasteiger partial charge in [0.1, 0.15) is 11.9 Å². The number of halogens is 2. The van der Waals surface area contributed by atoms with Crippen molar-refractivity contribution in [2.24, 2.45) is 5.73 Å². The quantitative estimate of drug-likeness (QED) is 0.674. The Labute approximate surface area is 144 Å². The van der Waals surface area contributed by atoms with Crippen LogP contribution in [0.5, 0.6) is 0 Å². The summed E-state index contributed by atoms with van der Waals surface area (Å²) < 4.78 is 13.3. The van der Waals surface area contributed by atoms with Crippen LogP contribution in [-0.4, -0.2) is 23.0 Å². The van der Waals surface area contributed by atoms with Crippen molar-refractivity contribution in [3.63, 3.8) is 0 Å². The van der Waals surface area contributed by atoms with Crippen LogP contribution in [0.25, 0.3) is 11.1 Å². The zero-order valence-electron chi connectivity index (χ0n) is 12.6. The SMILES string of the molecule is Cl.N[C@@H](CC(=O)Nc1ccc2c(c1)Cc1cc(F)ccc1-2)C(=O)O. The van der Waals surface area contributed by atoms with E-state index in [-0.39, 0.29) is 24.6 Å². The molecule has 1 aliphatic carbocycles. The molecule has 1 amide bonds. The monoisotopic (exact) mass is 350 g/mol. The van der Waals surface area contributed by atoms with E-state index < -0.39 is 17.9 Å². The third-order valence-corrected chi connectivity index (χ3v) is 3.85. The standard InChI is InChI=1S/C17H15FN2O3.ClH/c18-11-1-3-13-9(6-11)5-10-7-12(2-4-14(10)13)20-16(21)8-15(19)17(22)23;/h1-4,6-7,15H,5,8,19H2,(H,20,21)(H,22,23);1H/t15-;/m0./s1. The van der Waals surface area contributed by atoms with Gasteiger partial charge in [0.15, 0.2) is 0 Å². The van der Waals surface area contributed by atoms with Gasteiger partial charge in [-0.3, -0.25) is 9.59 Å². The van der Waals surface area contributed by atoms with E-state index in [4.69, 9.17) is 10.8 Å². The summed E-state index contributed by atoms with van der Waals surface area (Å²) in [4.78, 5) is 22.4. The first-order valence-corrected chi connectivity index (χ1v) is 7.14. The number of benzene rings is 2. The summed E-state index contributed by atoms with van der Waals surface area (Å²) in [6.45, 7) is 0. The van der Waals surface area contributed by atoms with Gasteiger partial charge in [-0.15, -0.1) is 12.4 Å². The van der Waals surface area contributed by atoms with Crippen LogP contribution in [0.3, 0.4) is 0 Å². The van der Waals surface area contributed by atoms with Crippen LogP contribution in [0.4, 0.5) is 10.1 Å². The van der Waals surface area contributed by atoms with E-state index in [0.29, 0.717) is 12.1 Å². The van der Waals surface area contributed by atoms with E-state index in [9.17, 15) is 14.0 Å². The highest BCUT2D eigenvalue weighted by atomic mass is 35.5. The van der Waals surface area contributed by atoms with Crippen molar-refractivity contribution in [2.75, 3.05) is 5.32 Å². The molecule has 126 valence electrons. The molecule has 0 saturated heterocycles. The number of hydrogen-bond donors (Lipinski definition) is 3. The maximum absolute atomic E-state index is 13.3. The van der Waals surface area contributed by atoms with E-state index >= 15 is 0 Å². The molecule has 7 heteroatoms. The first-order chi connectivity index (χ1) is 10.9. The molecule has 0 fully saturated rings. The molecule has 0 aromatic heterocycles. The molecule has 0 radical (unpaired) electrons. The first-order valence-electron chi connectivity index (χ1n) is 7.14. The average molecular weight is 351 g/mol. The molecule has 2 aromatic carbocycles. The minimum Gasteiger partial charge on any atom is -0.480 e. The van der Waals surface area contributed by atoms with Crippen LogP contribution in [-0.2, 0) is 16.0 Å². The van der Waals surface area contributed by atoms with Gasteiger partial charge in [-0.25, -0.2) is 4.39 Å². The number of aliphatic carboxylic acids is 1. The van der Waals surface area contributed by atoms with Crippen molar-refractivity contribution in [2.45, 2.75) is 18.9 Å². The van der Waals surface area contributed by atoms with Gasteiger partial charge in [0.25, 0.3) is 0 Å². The van der Waals surface area contributed by atoms with E-state index in [1.165, 1.54) is 12.1 Å². The zero-order chi connectivity index (χ0) is 16.6. The second kappa shape index (κ2) is 6.98. The smallest absolute Gasteiger partial charge is 0.321 e. The maximum atomic E-state index is 13.3. The number of nitrogens with two attached hydrogens (primary N) is 1. The second-order valence-electron chi connectivity index (χ2n) is 5.55. The second-order valence-corrected chi connectivity index (χ2v) is 5.55. The van der Waals surface area contributed by atoms with Crippen LogP contribution in [0, 0.1) is 5.82 Å². The number of carbonyl (C=O) groups excluding carboxylic acids is 1. The molecular weight excluding hydrogens is 335 g/mol. The van der Waals surface area contributed by atoms with Crippen LogP contribution in [0.2, 0.25) is 0 Å². The summed E-state index contributed by atoms with van der Waals surface area (Å²) in [6, 6.07) is 8.89. The molecule has 24 heavy (non-hydrogen) atoms. The number of carbonyl (C=O) groups is 2. The number of amides is 1. The molecule has 0 spiro atoms. The molecule has 0 aliphatic heterocycles.